The molecule has 0 atom stereocenters. The Morgan fingerprint density at radius 1 is 0.462 bits per heavy atom. The summed E-state index contributed by atoms with van der Waals surface area (Å²) in [5.74, 6) is 0.164. The minimum Gasteiger partial charge on any atom is -0.294 e. The molecule has 0 fully saturated rings. The molecule has 0 saturated heterocycles. The van der Waals surface area contributed by atoms with Crippen LogP contribution in [-0.2, 0) is 25.2 Å². The zero-order valence-electron chi connectivity index (χ0n) is 28.3. The van der Waals surface area contributed by atoms with Gasteiger partial charge in [0.2, 0.25) is 0 Å². The van der Waals surface area contributed by atoms with E-state index in [9.17, 15) is 4.79 Å². The summed E-state index contributed by atoms with van der Waals surface area (Å²) in [5.41, 5.74) is 1.61. The molecule has 0 N–H and O–H groups in total. The molecule has 0 bridgehead atoms. The first kappa shape index (κ1) is 40.8. The quantitative estimate of drug-likeness (QED) is 0.116. The van der Waals surface area contributed by atoms with Gasteiger partial charge in [0.15, 0.2) is 5.78 Å². The summed E-state index contributed by atoms with van der Waals surface area (Å²) in [5, 5.41) is 9.19. The standard InChI is InChI=1S/2C18H15P.C10H6ClO.ClH.Pd/c2*1-4-10-16(11-5-1)19(17-12-6-2-7-13-17)18-14-8-3-9-15-18;11-8-3-1-7(2-4-8)9-5-6-10(9)12;;/h2*1-15H;1-4H,6H2;1H;/p+1. The molecule has 0 aliphatic heterocycles. The Kier molecular flexibility index (Phi) is 16.9. The van der Waals surface area contributed by atoms with Crippen molar-refractivity contribution in [2.75, 3.05) is 0 Å². The van der Waals surface area contributed by atoms with Crippen LogP contribution in [0.1, 0.15) is 12.0 Å². The van der Waals surface area contributed by atoms with Crippen molar-refractivity contribution in [3.8, 4) is 0 Å². The van der Waals surface area contributed by atoms with Gasteiger partial charge in [-0.15, -0.1) is 12.4 Å². The van der Waals surface area contributed by atoms with Crippen molar-refractivity contribution >= 4 is 83.0 Å². The summed E-state index contributed by atoms with van der Waals surface area (Å²) in [6.07, 6.45) is 3.41. The molecule has 1 aliphatic carbocycles. The number of hydrogen-bond donors (Lipinski definition) is 0. The molecule has 7 aromatic rings. The topological polar surface area (TPSA) is 17.1 Å². The molecule has 7 aromatic carbocycles. The molecule has 0 unspecified atom stereocenters. The number of halogens is 2. The van der Waals surface area contributed by atoms with Gasteiger partial charge in [0.25, 0.3) is 0 Å². The first-order valence-electron chi connectivity index (χ1n) is 16.6. The van der Waals surface area contributed by atoms with Gasteiger partial charge in [0, 0.05) is 37.4 Å². The fourth-order valence-corrected chi connectivity index (χ4v) is 10.6. The average molecular weight is 846 g/mol. The fourth-order valence-electron chi connectivity index (χ4n) is 5.62. The van der Waals surface area contributed by atoms with Crippen molar-refractivity contribution in [2.45, 2.75) is 6.42 Å². The molecular formula is C46H38Cl2OP2Pd+. The molecule has 8 rings (SSSR count). The Morgan fingerprint density at radius 3 is 1.04 bits per heavy atom. The SMILES string of the molecule is Cl.O=C1C[C]=C1c1ccc(Cl)cc1.[Pd].c1ccc(P(c2ccccc2)c2ccccc2)cc1.c1ccc([PH+](c2ccccc2)c2ccccc2)cc1. The van der Waals surface area contributed by atoms with E-state index in [1.54, 1.807) is 12.1 Å². The molecule has 261 valence electrons. The zero-order valence-corrected chi connectivity index (χ0v) is 33.3. The maximum atomic E-state index is 11.0. The number of carbonyl (C=O) groups excluding carboxylic acids is 1. The van der Waals surface area contributed by atoms with Crippen molar-refractivity contribution in [1.82, 2.24) is 0 Å². The number of rotatable bonds is 7. The fraction of sp³-hybridized carbons (Fsp3) is 0.0217. The second-order valence-corrected chi connectivity index (χ2v) is 16.6. The third kappa shape index (κ3) is 11.3. The van der Waals surface area contributed by atoms with Crippen molar-refractivity contribution in [3.63, 3.8) is 0 Å². The van der Waals surface area contributed by atoms with E-state index in [1.165, 1.54) is 31.8 Å². The predicted octanol–water partition coefficient (Wildman–Crippen LogP) is 9.54. The Bertz CT molecular complexity index is 1780. The summed E-state index contributed by atoms with van der Waals surface area (Å²) in [7, 11) is -1.32. The maximum Gasteiger partial charge on any atom is 0.168 e. The summed E-state index contributed by atoms with van der Waals surface area (Å²) < 4.78 is 0. The van der Waals surface area contributed by atoms with E-state index in [0.717, 1.165) is 5.56 Å². The number of hydrogen-bond acceptors (Lipinski definition) is 1. The second kappa shape index (κ2) is 21.5. The number of ketones is 1. The van der Waals surface area contributed by atoms with Gasteiger partial charge in [0.1, 0.15) is 15.9 Å². The largest absolute Gasteiger partial charge is 0.294 e. The van der Waals surface area contributed by atoms with Gasteiger partial charge in [-0.25, -0.2) is 0 Å². The Hall–Kier alpha value is -3.95. The van der Waals surface area contributed by atoms with Crippen molar-refractivity contribution in [3.05, 3.63) is 223 Å². The van der Waals surface area contributed by atoms with Gasteiger partial charge in [-0.1, -0.05) is 169 Å². The number of allylic oxidation sites excluding steroid dienone is 2. The molecule has 0 heterocycles. The third-order valence-corrected chi connectivity index (χ3v) is 13.5. The maximum absolute atomic E-state index is 11.0. The summed E-state index contributed by atoms with van der Waals surface area (Å²) in [6, 6.07) is 72.0. The number of carbonyl (C=O) groups is 1. The molecule has 0 saturated carbocycles. The van der Waals surface area contributed by atoms with E-state index in [1.807, 2.05) is 12.1 Å². The molecule has 1 nitrogen and oxygen atoms in total. The minimum atomic E-state index is -0.877. The molecule has 1 radical (unpaired) electrons. The molecule has 1 aliphatic rings. The normalized spacial score (nSPS) is 11.3. The van der Waals surface area contributed by atoms with Crippen LogP contribution in [0.3, 0.4) is 0 Å². The Labute approximate surface area is 335 Å². The van der Waals surface area contributed by atoms with Crippen LogP contribution in [-0.4, -0.2) is 5.78 Å². The van der Waals surface area contributed by atoms with Gasteiger partial charge in [-0.3, -0.25) is 4.79 Å². The van der Waals surface area contributed by atoms with Crippen molar-refractivity contribution in [1.29, 1.82) is 0 Å². The summed E-state index contributed by atoms with van der Waals surface area (Å²) in [6.45, 7) is 0. The molecule has 52 heavy (non-hydrogen) atoms. The van der Waals surface area contributed by atoms with Gasteiger partial charge >= 0.3 is 0 Å². The Balaban J connectivity index is 0.000000176. The van der Waals surface area contributed by atoms with E-state index >= 15 is 0 Å². The number of benzene rings is 7. The number of Topliss-reactive ketones (excluding diaryl/α,β-unsaturated/α-hetero) is 1. The van der Waals surface area contributed by atoms with Crippen LogP contribution >= 0.6 is 39.9 Å². The average Bonchev–Trinajstić information content (AvgIpc) is 3.18. The van der Waals surface area contributed by atoms with Crippen LogP contribution in [0.5, 0.6) is 0 Å². The van der Waals surface area contributed by atoms with E-state index < -0.39 is 15.8 Å². The monoisotopic (exact) mass is 844 g/mol. The molecule has 0 aromatic heterocycles. The molecule has 0 amide bonds. The van der Waals surface area contributed by atoms with Crippen LogP contribution in [0.2, 0.25) is 5.02 Å². The van der Waals surface area contributed by atoms with Crippen LogP contribution in [0, 0.1) is 6.08 Å². The zero-order chi connectivity index (χ0) is 34.4. The molecule has 0 spiro atoms. The van der Waals surface area contributed by atoms with Crippen LogP contribution in [0.4, 0.5) is 0 Å². The minimum absolute atomic E-state index is 0. The second-order valence-electron chi connectivity index (χ2n) is 11.5. The Morgan fingerprint density at radius 2 is 0.769 bits per heavy atom. The van der Waals surface area contributed by atoms with Gasteiger partial charge in [-0.2, -0.15) is 0 Å². The van der Waals surface area contributed by atoms with Crippen LogP contribution in [0.25, 0.3) is 5.57 Å². The first-order chi connectivity index (χ1) is 24.7. The van der Waals surface area contributed by atoms with Gasteiger partial charge < -0.3 is 0 Å². The van der Waals surface area contributed by atoms with E-state index in [-0.39, 0.29) is 38.6 Å². The summed E-state index contributed by atoms with van der Waals surface area (Å²) >= 11 is 5.70. The van der Waals surface area contributed by atoms with Crippen LogP contribution in [0.15, 0.2) is 206 Å². The summed E-state index contributed by atoms with van der Waals surface area (Å²) in [4.78, 5) is 11.0. The van der Waals surface area contributed by atoms with E-state index in [4.69, 9.17) is 11.6 Å². The third-order valence-electron chi connectivity index (χ3n) is 8.07. The van der Waals surface area contributed by atoms with Gasteiger partial charge in [-0.05, 0) is 84.0 Å². The van der Waals surface area contributed by atoms with Crippen molar-refractivity contribution in [2.24, 2.45) is 0 Å². The van der Waals surface area contributed by atoms with Gasteiger partial charge in [0.05, 0.1) is 7.92 Å². The smallest absolute Gasteiger partial charge is 0.168 e. The van der Waals surface area contributed by atoms with E-state index in [0.29, 0.717) is 17.0 Å². The van der Waals surface area contributed by atoms with E-state index in [2.05, 4.69) is 188 Å². The van der Waals surface area contributed by atoms with Crippen LogP contribution < -0.4 is 31.8 Å². The predicted molar refractivity (Wildman–Crippen MR) is 227 cm³/mol. The first-order valence-corrected chi connectivity index (χ1v) is 19.8. The molecule has 6 heteroatoms. The van der Waals surface area contributed by atoms with Crippen molar-refractivity contribution < 1.29 is 25.2 Å². The molecular weight excluding hydrogens is 808 g/mol.